The second-order valence-electron chi connectivity index (χ2n) is 10.4. The number of aliphatic hydroxyl groups is 1. The molecule has 29 heavy (non-hydrogen) atoms. The predicted molar refractivity (Wildman–Crippen MR) is 114 cm³/mol. The molecule has 1 heterocycles. The molecule has 1 aromatic rings. The summed E-state index contributed by atoms with van der Waals surface area (Å²) in [5, 5.41) is 12.2. The monoisotopic (exact) mass is 395 g/mol. The molecule has 4 aliphatic carbocycles. The minimum absolute atomic E-state index is 0.156. The van der Waals surface area contributed by atoms with Gasteiger partial charge >= 0.3 is 5.63 Å². The molecule has 6 atom stereocenters. The van der Waals surface area contributed by atoms with Crippen molar-refractivity contribution in [1.29, 1.82) is 0 Å². The first-order valence-corrected chi connectivity index (χ1v) is 11.3. The Morgan fingerprint density at radius 3 is 2.62 bits per heavy atom. The highest BCUT2D eigenvalue weighted by Crippen LogP contribution is 2.69. The van der Waals surface area contributed by atoms with E-state index in [2.05, 4.69) is 24.9 Å². The lowest BCUT2D eigenvalue weighted by atomic mass is 9.45. The van der Waals surface area contributed by atoms with Gasteiger partial charge in [0.25, 0.3) is 0 Å². The van der Waals surface area contributed by atoms with Crippen molar-refractivity contribution in [2.75, 3.05) is 7.05 Å². The number of fused-ring (bicyclic) bond motifs is 5. The lowest BCUT2D eigenvalue weighted by molar-refractivity contribution is -0.176. The molecule has 0 amide bonds. The molecule has 4 aliphatic rings. The van der Waals surface area contributed by atoms with E-state index in [4.69, 9.17) is 4.42 Å². The van der Waals surface area contributed by atoms with Crippen LogP contribution >= 0.6 is 0 Å². The van der Waals surface area contributed by atoms with Crippen LogP contribution in [0.4, 0.5) is 0 Å². The molecule has 3 saturated carbocycles. The fourth-order valence-electron chi connectivity index (χ4n) is 7.82. The van der Waals surface area contributed by atoms with E-state index in [9.17, 15) is 9.90 Å². The third-order valence-corrected chi connectivity index (χ3v) is 9.58. The Morgan fingerprint density at radius 2 is 1.90 bits per heavy atom. The molecule has 0 spiro atoms. The maximum atomic E-state index is 12.2. The summed E-state index contributed by atoms with van der Waals surface area (Å²) in [6.07, 6.45) is 12.4. The van der Waals surface area contributed by atoms with Crippen LogP contribution in [0.15, 0.2) is 44.2 Å². The highest BCUT2D eigenvalue weighted by Gasteiger charge is 2.66. The van der Waals surface area contributed by atoms with Crippen LogP contribution in [-0.4, -0.2) is 23.5 Å². The average Bonchev–Trinajstić information content (AvgIpc) is 2.99. The Balaban J connectivity index is 1.51. The van der Waals surface area contributed by atoms with Gasteiger partial charge in [0, 0.05) is 24.2 Å². The normalized spacial score (nSPS) is 45.3. The van der Waals surface area contributed by atoms with Crippen molar-refractivity contribution >= 4 is 5.71 Å². The van der Waals surface area contributed by atoms with Gasteiger partial charge in [-0.25, -0.2) is 4.79 Å². The molecule has 0 radical (unpaired) electrons. The predicted octanol–water partition coefficient (Wildman–Crippen LogP) is 4.87. The van der Waals surface area contributed by atoms with Crippen LogP contribution in [0, 0.1) is 22.7 Å². The van der Waals surface area contributed by atoms with Crippen molar-refractivity contribution in [1.82, 2.24) is 0 Å². The summed E-state index contributed by atoms with van der Waals surface area (Å²) >= 11 is 0. The van der Waals surface area contributed by atoms with Gasteiger partial charge in [-0.15, -0.1) is 0 Å². The van der Waals surface area contributed by atoms with Gasteiger partial charge in [-0.3, -0.25) is 4.99 Å². The molecule has 5 rings (SSSR count). The molecule has 4 heteroatoms. The van der Waals surface area contributed by atoms with Crippen LogP contribution < -0.4 is 5.63 Å². The van der Waals surface area contributed by atoms with Gasteiger partial charge in [0.2, 0.25) is 0 Å². The van der Waals surface area contributed by atoms with Gasteiger partial charge in [0.1, 0.15) is 0 Å². The molecule has 3 fully saturated rings. The van der Waals surface area contributed by atoms with Crippen LogP contribution in [0.3, 0.4) is 0 Å². The molecule has 0 saturated heterocycles. The Hall–Kier alpha value is -1.68. The summed E-state index contributed by atoms with van der Waals surface area (Å²) in [4.78, 5) is 15.9. The maximum Gasteiger partial charge on any atom is 0.335 e. The van der Waals surface area contributed by atoms with E-state index in [1.165, 1.54) is 18.2 Å². The Morgan fingerprint density at radius 1 is 1.07 bits per heavy atom. The van der Waals surface area contributed by atoms with Gasteiger partial charge in [0.15, 0.2) is 0 Å². The third-order valence-electron chi connectivity index (χ3n) is 9.58. The van der Waals surface area contributed by atoms with Gasteiger partial charge in [0.05, 0.1) is 11.9 Å². The van der Waals surface area contributed by atoms with E-state index in [1.807, 2.05) is 13.1 Å². The summed E-state index contributed by atoms with van der Waals surface area (Å²) in [5.74, 6) is 1.16. The fraction of sp³-hybridized carbons (Fsp3) is 0.680. The largest absolute Gasteiger partial charge is 0.431 e. The minimum atomic E-state index is -0.635. The zero-order valence-corrected chi connectivity index (χ0v) is 17.9. The highest BCUT2D eigenvalue weighted by atomic mass is 16.4. The highest BCUT2D eigenvalue weighted by molar-refractivity contribution is 5.96. The Labute approximate surface area is 173 Å². The zero-order valence-electron chi connectivity index (χ0n) is 17.9. The molecule has 1 N–H and O–H groups in total. The summed E-state index contributed by atoms with van der Waals surface area (Å²) in [5.41, 5.74) is 2.99. The topological polar surface area (TPSA) is 62.8 Å². The van der Waals surface area contributed by atoms with Crippen LogP contribution in [0.5, 0.6) is 0 Å². The second-order valence-corrected chi connectivity index (χ2v) is 10.4. The Bertz CT molecular complexity index is 925. The molecule has 6 unspecified atom stereocenters. The van der Waals surface area contributed by atoms with Crippen molar-refractivity contribution in [3.05, 3.63) is 46.0 Å². The maximum absolute atomic E-state index is 12.2. The van der Waals surface area contributed by atoms with Gasteiger partial charge < -0.3 is 9.52 Å². The molecule has 0 aliphatic heterocycles. The van der Waals surface area contributed by atoms with E-state index in [1.54, 1.807) is 11.8 Å². The second kappa shape index (κ2) is 6.41. The molecule has 1 aromatic heterocycles. The number of aliphatic imine (C=N–C) groups is 1. The van der Waals surface area contributed by atoms with Crippen LogP contribution in [-0.2, 0) is 0 Å². The molecule has 0 aromatic carbocycles. The number of hydrogen-bond donors (Lipinski definition) is 1. The quantitative estimate of drug-likeness (QED) is 0.738. The van der Waals surface area contributed by atoms with Crippen LogP contribution in [0.2, 0.25) is 0 Å². The van der Waals surface area contributed by atoms with E-state index in [0.717, 1.165) is 50.5 Å². The third kappa shape index (κ3) is 2.54. The zero-order chi connectivity index (χ0) is 20.4. The number of hydrogen-bond acceptors (Lipinski definition) is 4. The summed E-state index contributed by atoms with van der Waals surface area (Å²) in [7, 11) is 1.90. The number of allylic oxidation sites excluding steroid dienone is 2. The van der Waals surface area contributed by atoms with Crippen molar-refractivity contribution in [3.63, 3.8) is 0 Å². The molecular formula is C25H33NO3. The first-order chi connectivity index (χ1) is 13.8. The summed E-state index contributed by atoms with van der Waals surface area (Å²) in [6.45, 7) is 4.74. The van der Waals surface area contributed by atoms with Gasteiger partial charge in [-0.1, -0.05) is 19.4 Å². The van der Waals surface area contributed by atoms with E-state index in [-0.39, 0.29) is 22.4 Å². The Kier molecular flexibility index (Phi) is 4.26. The van der Waals surface area contributed by atoms with Gasteiger partial charge in [-0.05, 0) is 92.2 Å². The van der Waals surface area contributed by atoms with E-state index in [0.29, 0.717) is 11.8 Å². The molecule has 4 nitrogen and oxygen atoms in total. The summed E-state index contributed by atoms with van der Waals surface area (Å²) in [6, 6.07) is 3.44. The SMILES string of the molecule is CN=C1C=C2CCC3C(CCC4(C)C(c5ccc(=O)oc5)CCC34O)C2(C)CC1. The molecule has 156 valence electrons. The first-order valence-electron chi connectivity index (χ1n) is 11.3. The number of rotatable bonds is 1. The lowest BCUT2D eigenvalue weighted by Gasteiger charge is -2.61. The number of nitrogens with zero attached hydrogens (tertiary/aromatic N) is 1. The molecule has 0 bridgehead atoms. The first kappa shape index (κ1) is 19.3. The average molecular weight is 396 g/mol. The van der Waals surface area contributed by atoms with E-state index < -0.39 is 5.60 Å². The van der Waals surface area contributed by atoms with Crippen molar-refractivity contribution in [2.24, 2.45) is 27.7 Å². The van der Waals surface area contributed by atoms with Crippen molar-refractivity contribution < 1.29 is 9.52 Å². The van der Waals surface area contributed by atoms with Gasteiger partial charge in [-0.2, -0.15) is 0 Å². The van der Waals surface area contributed by atoms with Crippen LogP contribution in [0.1, 0.15) is 76.7 Å². The van der Waals surface area contributed by atoms with Crippen LogP contribution in [0.25, 0.3) is 0 Å². The van der Waals surface area contributed by atoms with Crippen molar-refractivity contribution in [3.8, 4) is 0 Å². The smallest absolute Gasteiger partial charge is 0.335 e. The summed E-state index contributed by atoms with van der Waals surface area (Å²) < 4.78 is 5.19. The van der Waals surface area contributed by atoms with E-state index >= 15 is 0 Å². The lowest BCUT2D eigenvalue weighted by Crippen LogP contribution is -2.60. The fourth-order valence-corrected chi connectivity index (χ4v) is 7.82. The van der Waals surface area contributed by atoms with Crippen molar-refractivity contribution in [2.45, 2.75) is 76.7 Å². The molecular weight excluding hydrogens is 362 g/mol. The minimum Gasteiger partial charge on any atom is -0.431 e. The standard InChI is InChI=1S/C25H33NO3/c1-23-11-8-18(26-3)14-17(23)5-6-21-20(23)9-12-24(2)19(10-13-25(21,24)28)16-4-7-22(27)29-15-16/h4,7,14-15,19-21,28H,5-6,8-13H2,1-3H3.